The Morgan fingerprint density at radius 1 is 0.810 bits per heavy atom. The first-order valence-electron chi connectivity index (χ1n) is 6.23. The summed E-state index contributed by atoms with van der Waals surface area (Å²) in [6.45, 7) is 0. The minimum atomic E-state index is -0.719. The minimum Gasteiger partial charge on any atom is -0.285 e. The SMILES string of the molecule is O=C1C(=O)c2ccccc2C=C1c1ccccc1[N+](=O)[O-]. The third-order valence-corrected chi connectivity index (χ3v) is 3.35. The highest BCUT2D eigenvalue weighted by Gasteiger charge is 2.31. The Kier molecular flexibility index (Phi) is 2.95. The minimum absolute atomic E-state index is 0.0611. The van der Waals surface area contributed by atoms with Crippen molar-refractivity contribution in [2.24, 2.45) is 0 Å². The van der Waals surface area contributed by atoms with Crippen LogP contribution in [0.2, 0.25) is 0 Å². The number of nitro benzene ring substituents is 1. The van der Waals surface area contributed by atoms with Gasteiger partial charge in [-0.1, -0.05) is 36.4 Å². The largest absolute Gasteiger partial charge is 0.285 e. The Morgan fingerprint density at radius 2 is 1.43 bits per heavy atom. The maximum absolute atomic E-state index is 12.2. The molecule has 0 fully saturated rings. The second kappa shape index (κ2) is 4.79. The molecule has 2 aromatic rings. The molecule has 0 unspecified atom stereocenters. The van der Waals surface area contributed by atoms with Crippen LogP contribution in [-0.4, -0.2) is 16.5 Å². The zero-order valence-electron chi connectivity index (χ0n) is 10.8. The molecule has 3 rings (SSSR count). The summed E-state index contributed by atoms with van der Waals surface area (Å²) in [5, 5.41) is 11.1. The van der Waals surface area contributed by atoms with Crippen molar-refractivity contribution in [2.75, 3.05) is 0 Å². The van der Waals surface area contributed by atoms with Crippen molar-refractivity contribution < 1.29 is 14.5 Å². The molecular formula is C16H9NO4. The average molecular weight is 279 g/mol. The monoisotopic (exact) mass is 279 g/mol. The molecule has 0 spiro atoms. The Hall–Kier alpha value is -3.08. The smallest absolute Gasteiger partial charge is 0.277 e. The van der Waals surface area contributed by atoms with E-state index in [1.807, 2.05) is 0 Å². The number of allylic oxidation sites excluding steroid dienone is 1. The lowest BCUT2D eigenvalue weighted by Gasteiger charge is -2.14. The van der Waals surface area contributed by atoms with E-state index in [-0.39, 0.29) is 16.8 Å². The first-order chi connectivity index (χ1) is 10.1. The highest BCUT2D eigenvalue weighted by Crippen LogP contribution is 2.32. The maximum Gasteiger partial charge on any atom is 0.277 e. The number of para-hydroxylation sites is 1. The molecule has 0 radical (unpaired) electrons. The molecular weight excluding hydrogens is 270 g/mol. The van der Waals surface area contributed by atoms with Crippen LogP contribution in [0.5, 0.6) is 0 Å². The number of rotatable bonds is 2. The number of nitro groups is 1. The van der Waals surface area contributed by atoms with Gasteiger partial charge < -0.3 is 0 Å². The number of carbonyl (C=O) groups excluding carboxylic acids is 2. The molecule has 0 amide bonds. The molecule has 21 heavy (non-hydrogen) atoms. The van der Waals surface area contributed by atoms with Crippen molar-refractivity contribution in [1.29, 1.82) is 0 Å². The van der Waals surface area contributed by atoms with Crippen molar-refractivity contribution >= 4 is 28.9 Å². The molecule has 0 saturated carbocycles. The highest BCUT2D eigenvalue weighted by molar-refractivity contribution is 6.61. The fourth-order valence-corrected chi connectivity index (χ4v) is 2.36. The molecule has 102 valence electrons. The van der Waals surface area contributed by atoms with Gasteiger partial charge in [-0.05, 0) is 17.7 Å². The van der Waals surface area contributed by atoms with Gasteiger partial charge in [0.05, 0.1) is 10.5 Å². The Bertz CT molecular complexity index is 821. The summed E-state index contributed by atoms with van der Waals surface area (Å²) in [4.78, 5) is 34.9. The number of hydrogen-bond acceptors (Lipinski definition) is 4. The normalized spacial score (nSPS) is 13.6. The van der Waals surface area contributed by atoms with E-state index < -0.39 is 16.5 Å². The van der Waals surface area contributed by atoms with Gasteiger partial charge in [0.2, 0.25) is 11.6 Å². The van der Waals surface area contributed by atoms with E-state index >= 15 is 0 Å². The summed E-state index contributed by atoms with van der Waals surface area (Å²) in [6.07, 6.45) is 1.53. The van der Waals surface area contributed by atoms with E-state index in [4.69, 9.17) is 0 Å². The number of benzene rings is 2. The lowest BCUT2D eigenvalue weighted by atomic mass is 9.86. The molecule has 0 aliphatic heterocycles. The van der Waals surface area contributed by atoms with Crippen LogP contribution in [0.3, 0.4) is 0 Å². The maximum atomic E-state index is 12.2. The van der Waals surface area contributed by atoms with Crippen molar-refractivity contribution in [3.63, 3.8) is 0 Å². The van der Waals surface area contributed by atoms with Crippen LogP contribution in [-0.2, 0) is 4.79 Å². The van der Waals surface area contributed by atoms with Gasteiger partial charge in [0.25, 0.3) is 5.69 Å². The summed E-state index contributed by atoms with van der Waals surface area (Å²) in [7, 11) is 0. The molecule has 0 atom stereocenters. The van der Waals surface area contributed by atoms with Gasteiger partial charge >= 0.3 is 0 Å². The van der Waals surface area contributed by atoms with Crippen molar-refractivity contribution in [3.05, 3.63) is 75.3 Å². The zero-order valence-corrected chi connectivity index (χ0v) is 10.8. The van der Waals surface area contributed by atoms with E-state index in [1.165, 1.54) is 24.3 Å². The van der Waals surface area contributed by atoms with Crippen LogP contribution in [0, 0.1) is 10.1 Å². The molecule has 0 heterocycles. The summed E-state index contributed by atoms with van der Waals surface area (Å²) >= 11 is 0. The van der Waals surface area contributed by atoms with Gasteiger partial charge in [-0.2, -0.15) is 0 Å². The number of Topliss-reactive ketones (excluding diaryl/α,β-unsaturated/α-hetero) is 2. The molecule has 0 saturated heterocycles. The van der Waals surface area contributed by atoms with E-state index in [9.17, 15) is 19.7 Å². The van der Waals surface area contributed by atoms with Crippen LogP contribution >= 0.6 is 0 Å². The predicted molar refractivity (Wildman–Crippen MR) is 76.7 cm³/mol. The Morgan fingerprint density at radius 3 is 2.14 bits per heavy atom. The third kappa shape index (κ3) is 2.04. The summed E-state index contributed by atoms with van der Waals surface area (Å²) < 4.78 is 0. The summed E-state index contributed by atoms with van der Waals surface area (Å²) in [5.74, 6) is -1.36. The van der Waals surface area contributed by atoms with Gasteiger partial charge in [0, 0.05) is 17.2 Å². The molecule has 2 aromatic carbocycles. The van der Waals surface area contributed by atoms with Gasteiger partial charge in [0.15, 0.2) is 0 Å². The van der Waals surface area contributed by atoms with Crippen LogP contribution in [0.15, 0.2) is 48.5 Å². The van der Waals surface area contributed by atoms with Crippen molar-refractivity contribution in [2.45, 2.75) is 0 Å². The predicted octanol–water partition coefficient (Wildman–Crippen LogP) is 2.90. The molecule has 0 bridgehead atoms. The van der Waals surface area contributed by atoms with Crippen molar-refractivity contribution in [1.82, 2.24) is 0 Å². The molecule has 0 N–H and O–H groups in total. The Balaban J connectivity index is 2.25. The van der Waals surface area contributed by atoms with E-state index in [0.717, 1.165) is 0 Å². The third-order valence-electron chi connectivity index (χ3n) is 3.35. The molecule has 1 aliphatic carbocycles. The molecule has 1 aliphatic rings. The number of carbonyl (C=O) groups is 2. The van der Waals surface area contributed by atoms with E-state index in [1.54, 1.807) is 30.3 Å². The molecule has 0 aromatic heterocycles. The van der Waals surface area contributed by atoms with Gasteiger partial charge in [-0.3, -0.25) is 19.7 Å². The molecule has 5 heteroatoms. The lowest BCUT2D eigenvalue weighted by Crippen LogP contribution is -2.21. The van der Waals surface area contributed by atoms with Crippen LogP contribution in [0.4, 0.5) is 5.69 Å². The fourth-order valence-electron chi connectivity index (χ4n) is 2.36. The van der Waals surface area contributed by atoms with Gasteiger partial charge in [-0.15, -0.1) is 0 Å². The van der Waals surface area contributed by atoms with E-state index in [0.29, 0.717) is 11.1 Å². The number of nitrogens with zero attached hydrogens (tertiary/aromatic N) is 1. The quantitative estimate of drug-likeness (QED) is 0.481. The summed E-state index contributed by atoms with van der Waals surface area (Å²) in [6, 6.07) is 12.6. The molecule has 5 nitrogen and oxygen atoms in total. The fraction of sp³-hybridized carbons (Fsp3) is 0. The number of hydrogen-bond donors (Lipinski definition) is 0. The van der Waals surface area contributed by atoms with Crippen molar-refractivity contribution in [3.8, 4) is 0 Å². The first kappa shape index (κ1) is 12.9. The summed E-state index contributed by atoms with van der Waals surface area (Å²) in [5.41, 5.74) is 0.950. The lowest BCUT2D eigenvalue weighted by molar-refractivity contribution is -0.385. The highest BCUT2D eigenvalue weighted by atomic mass is 16.6. The Labute approximate surface area is 119 Å². The van der Waals surface area contributed by atoms with Crippen LogP contribution in [0.25, 0.3) is 11.6 Å². The average Bonchev–Trinajstić information content (AvgIpc) is 2.51. The standard InChI is InChI=1S/C16H9NO4/c18-15-11-6-2-1-5-10(11)9-13(16(15)19)12-7-3-4-8-14(12)17(20)21/h1-9H. The topological polar surface area (TPSA) is 77.3 Å². The van der Waals surface area contributed by atoms with Crippen LogP contribution < -0.4 is 0 Å². The second-order valence-electron chi connectivity index (χ2n) is 4.58. The number of ketones is 2. The second-order valence-corrected chi connectivity index (χ2v) is 4.58. The van der Waals surface area contributed by atoms with Crippen LogP contribution in [0.1, 0.15) is 21.5 Å². The zero-order chi connectivity index (χ0) is 15.0. The van der Waals surface area contributed by atoms with E-state index in [2.05, 4.69) is 0 Å². The van der Waals surface area contributed by atoms with Gasteiger partial charge in [0.1, 0.15) is 0 Å². The first-order valence-corrected chi connectivity index (χ1v) is 6.23. The number of fused-ring (bicyclic) bond motifs is 1. The van der Waals surface area contributed by atoms with Gasteiger partial charge in [-0.25, -0.2) is 0 Å².